The number of nitrogens with zero attached hydrogens (tertiary/aromatic N) is 2. The number of aromatic nitrogens is 2. The summed E-state index contributed by atoms with van der Waals surface area (Å²) in [4.78, 5) is 0.674. The number of rotatable bonds is 3. The second-order valence-corrected chi connectivity index (χ2v) is 7.90. The summed E-state index contributed by atoms with van der Waals surface area (Å²) in [5.41, 5.74) is 1.71. The van der Waals surface area contributed by atoms with Gasteiger partial charge in [0, 0.05) is 18.1 Å². The lowest BCUT2D eigenvalue weighted by Crippen LogP contribution is -2.37. The molecular formula is C15H25BrN2. The van der Waals surface area contributed by atoms with Crippen molar-refractivity contribution in [1.82, 2.24) is 9.78 Å². The Morgan fingerprint density at radius 1 is 1.44 bits per heavy atom. The van der Waals surface area contributed by atoms with E-state index in [1.807, 2.05) is 17.9 Å². The summed E-state index contributed by atoms with van der Waals surface area (Å²) >= 11 is 3.93. The molecule has 0 bridgehead atoms. The van der Waals surface area contributed by atoms with E-state index >= 15 is 0 Å². The molecule has 2 nitrogen and oxygen atoms in total. The molecule has 2 rings (SSSR count). The topological polar surface area (TPSA) is 17.8 Å². The first-order valence-corrected chi connectivity index (χ1v) is 7.91. The van der Waals surface area contributed by atoms with Crippen molar-refractivity contribution in [2.24, 2.45) is 24.3 Å². The maximum atomic E-state index is 4.28. The minimum absolute atomic E-state index is 0.345. The van der Waals surface area contributed by atoms with Gasteiger partial charge >= 0.3 is 0 Å². The van der Waals surface area contributed by atoms with Gasteiger partial charge in [-0.05, 0) is 42.1 Å². The molecule has 0 aromatic carbocycles. The maximum Gasteiger partial charge on any atom is 0.0521 e. The van der Waals surface area contributed by atoms with E-state index in [2.05, 4.69) is 48.0 Å². The second kappa shape index (κ2) is 5.36. The Labute approximate surface area is 119 Å². The Bertz CT molecular complexity index is 397. The summed E-state index contributed by atoms with van der Waals surface area (Å²) in [6.07, 6.45) is 9.34. The SMILES string of the molecule is CC1CCC(C(C)(C)Cc2cnn(C)c2)C(Br)C1. The Kier molecular flexibility index (Phi) is 4.20. The molecule has 1 aromatic heterocycles. The summed E-state index contributed by atoms with van der Waals surface area (Å²) < 4.78 is 1.90. The van der Waals surface area contributed by atoms with Crippen LogP contribution in [0.5, 0.6) is 0 Å². The van der Waals surface area contributed by atoms with Crippen LogP contribution in [0.3, 0.4) is 0 Å². The van der Waals surface area contributed by atoms with Gasteiger partial charge in [-0.1, -0.05) is 43.1 Å². The molecule has 1 aliphatic carbocycles. The standard InChI is InChI=1S/C15H25BrN2/c1-11-5-6-13(14(16)7-11)15(2,3)8-12-9-17-18(4)10-12/h9-11,13-14H,5-8H2,1-4H3. The number of halogens is 1. The number of aryl methyl sites for hydroxylation is 1. The summed E-state index contributed by atoms with van der Waals surface area (Å²) in [5, 5.41) is 4.28. The number of hydrogen-bond acceptors (Lipinski definition) is 1. The zero-order chi connectivity index (χ0) is 13.3. The van der Waals surface area contributed by atoms with E-state index < -0.39 is 0 Å². The maximum absolute atomic E-state index is 4.28. The van der Waals surface area contributed by atoms with Crippen molar-refractivity contribution in [1.29, 1.82) is 0 Å². The molecule has 1 saturated carbocycles. The smallest absolute Gasteiger partial charge is 0.0521 e. The van der Waals surface area contributed by atoms with Crippen molar-refractivity contribution in [3.05, 3.63) is 18.0 Å². The van der Waals surface area contributed by atoms with E-state index in [9.17, 15) is 0 Å². The van der Waals surface area contributed by atoms with Crippen LogP contribution in [0.15, 0.2) is 12.4 Å². The van der Waals surface area contributed by atoms with Gasteiger partial charge in [-0.25, -0.2) is 0 Å². The quantitative estimate of drug-likeness (QED) is 0.765. The Morgan fingerprint density at radius 3 is 2.72 bits per heavy atom. The summed E-state index contributed by atoms with van der Waals surface area (Å²) in [6, 6.07) is 0. The van der Waals surface area contributed by atoms with Crippen LogP contribution >= 0.6 is 15.9 Å². The Balaban J connectivity index is 2.05. The Hall–Kier alpha value is -0.310. The molecule has 0 spiro atoms. The number of alkyl halides is 1. The van der Waals surface area contributed by atoms with E-state index in [0.717, 1.165) is 18.3 Å². The predicted octanol–water partition coefficient (Wildman–Crippen LogP) is 4.19. The lowest BCUT2D eigenvalue weighted by atomic mass is 9.67. The molecule has 1 aromatic rings. The first-order valence-electron chi connectivity index (χ1n) is 7.00. The molecular weight excluding hydrogens is 288 g/mol. The normalized spacial score (nSPS) is 29.5. The highest BCUT2D eigenvalue weighted by molar-refractivity contribution is 9.09. The lowest BCUT2D eigenvalue weighted by molar-refractivity contribution is 0.147. The van der Waals surface area contributed by atoms with Crippen LogP contribution in [-0.2, 0) is 13.5 Å². The van der Waals surface area contributed by atoms with Crippen molar-refractivity contribution >= 4 is 15.9 Å². The van der Waals surface area contributed by atoms with Crippen LogP contribution in [-0.4, -0.2) is 14.6 Å². The third-order valence-electron chi connectivity index (χ3n) is 4.46. The lowest BCUT2D eigenvalue weighted by Gasteiger charge is -2.42. The molecule has 102 valence electrons. The molecule has 1 aliphatic rings. The van der Waals surface area contributed by atoms with Crippen LogP contribution in [0.25, 0.3) is 0 Å². The first kappa shape index (κ1) is 14.1. The predicted molar refractivity (Wildman–Crippen MR) is 79.9 cm³/mol. The van der Waals surface area contributed by atoms with Crippen LogP contribution in [0.1, 0.15) is 45.6 Å². The molecule has 0 saturated heterocycles. The highest BCUT2D eigenvalue weighted by atomic mass is 79.9. The summed E-state index contributed by atoms with van der Waals surface area (Å²) in [6.45, 7) is 7.20. The number of hydrogen-bond donors (Lipinski definition) is 0. The van der Waals surface area contributed by atoms with Gasteiger partial charge in [0.25, 0.3) is 0 Å². The molecule has 3 unspecified atom stereocenters. The summed E-state index contributed by atoms with van der Waals surface area (Å²) in [5.74, 6) is 1.65. The zero-order valence-electron chi connectivity index (χ0n) is 12.0. The summed E-state index contributed by atoms with van der Waals surface area (Å²) in [7, 11) is 1.99. The van der Waals surface area contributed by atoms with Crippen LogP contribution in [0, 0.1) is 17.3 Å². The monoisotopic (exact) mass is 312 g/mol. The van der Waals surface area contributed by atoms with Crippen LogP contribution < -0.4 is 0 Å². The van der Waals surface area contributed by atoms with Gasteiger partial charge in [0.15, 0.2) is 0 Å². The fourth-order valence-corrected chi connectivity index (χ4v) is 5.03. The van der Waals surface area contributed by atoms with E-state index in [1.165, 1.54) is 24.8 Å². The van der Waals surface area contributed by atoms with E-state index in [4.69, 9.17) is 0 Å². The fourth-order valence-electron chi connectivity index (χ4n) is 3.41. The molecule has 0 amide bonds. The third kappa shape index (κ3) is 3.17. The molecule has 1 fully saturated rings. The Morgan fingerprint density at radius 2 is 2.17 bits per heavy atom. The van der Waals surface area contributed by atoms with E-state index in [-0.39, 0.29) is 0 Å². The van der Waals surface area contributed by atoms with E-state index in [1.54, 1.807) is 0 Å². The fraction of sp³-hybridized carbons (Fsp3) is 0.800. The molecule has 18 heavy (non-hydrogen) atoms. The second-order valence-electron chi connectivity index (χ2n) is 6.73. The molecule has 0 radical (unpaired) electrons. The van der Waals surface area contributed by atoms with Gasteiger partial charge in [0.05, 0.1) is 6.20 Å². The zero-order valence-corrected chi connectivity index (χ0v) is 13.6. The third-order valence-corrected chi connectivity index (χ3v) is 5.47. The minimum Gasteiger partial charge on any atom is -0.276 e. The van der Waals surface area contributed by atoms with Gasteiger partial charge in [-0.15, -0.1) is 0 Å². The molecule has 3 heteroatoms. The van der Waals surface area contributed by atoms with Gasteiger partial charge in [-0.3, -0.25) is 4.68 Å². The van der Waals surface area contributed by atoms with Crippen molar-refractivity contribution in [3.8, 4) is 0 Å². The molecule has 0 aliphatic heterocycles. The van der Waals surface area contributed by atoms with Crippen molar-refractivity contribution in [2.75, 3.05) is 0 Å². The molecule has 1 heterocycles. The first-order chi connectivity index (χ1) is 8.38. The average Bonchev–Trinajstić information content (AvgIpc) is 2.62. The van der Waals surface area contributed by atoms with Gasteiger partial charge in [0.2, 0.25) is 0 Å². The highest BCUT2D eigenvalue weighted by Crippen LogP contribution is 2.45. The van der Waals surface area contributed by atoms with Crippen molar-refractivity contribution in [2.45, 2.75) is 51.3 Å². The average molecular weight is 313 g/mol. The van der Waals surface area contributed by atoms with Gasteiger partial charge in [0.1, 0.15) is 0 Å². The van der Waals surface area contributed by atoms with Crippen molar-refractivity contribution in [3.63, 3.8) is 0 Å². The highest BCUT2D eigenvalue weighted by Gasteiger charge is 2.37. The van der Waals surface area contributed by atoms with Gasteiger partial charge in [-0.2, -0.15) is 5.10 Å². The van der Waals surface area contributed by atoms with Crippen LogP contribution in [0.4, 0.5) is 0 Å². The van der Waals surface area contributed by atoms with Gasteiger partial charge < -0.3 is 0 Å². The largest absolute Gasteiger partial charge is 0.276 e. The molecule has 0 N–H and O–H groups in total. The minimum atomic E-state index is 0.345. The molecule has 3 atom stereocenters. The van der Waals surface area contributed by atoms with E-state index in [0.29, 0.717) is 10.2 Å². The van der Waals surface area contributed by atoms with Crippen LogP contribution in [0.2, 0.25) is 0 Å². The van der Waals surface area contributed by atoms with Crippen molar-refractivity contribution < 1.29 is 0 Å².